The minimum absolute atomic E-state index is 0.0216. The topological polar surface area (TPSA) is 65.5 Å². The molecule has 0 aliphatic carbocycles. The van der Waals surface area contributed by atoms with E-state index in [4.69, 9.17) is 0 Å². The number of pyridine rings is 1. The Labute approximate surface area is 153 Å². The zero-order valence-electron chi connectivity index (χ0n) is 14.5. The molecule has 2 aliphatic rings. The number of nitrogens with zero attached hydrogens (tertiary/aromatic N) is 3. The van der Waals surface area contributed by atoms with E-state index in [9.17, 15) is 9.59 Å². The van der Waals surface area contributed by atoms with Crippen LogP contribution in [-0.2, 0) is 9.59 Å². The lowest BCUT2D eigenvalue weighted by Crippen LogP contribution is -2.49. The van der Waals surface area contributed by atoms with E-state index in [0.29, 0.717) is 18.1 Å². The Morgan fingerprint density at radius 2 is 1.96 bits per heavy atom. The molecule has 3 heterocycles. The molecule has 2 aliphatic heterocycles. The molecule has 1 aromatic heterocycles. The number of piperazine rings is 1. The number of carbonyl (C=O) groups excluding carboxylic acids is 2. The van der Waals surface area contributed by atoms with Crippen molar-refractivity contribution in [2.24, 2.45) is 0 Å². The number of nitrogens with one attached hydrogen (secondary N) is 1. The Kier molecular flexibility index (Phi) is 6.69. The van der Waals surface area contributed by atoms with Crippen molar-refractivity contribution in [1.82, 2.24) is 20.1 Å². The van der Waals surface area contributed by atoms with Crippen molar-refractivity contribution in [3.05, 3.63) is 30.1 Å². The standard InChI is InChI=1S/C18H26N4O2S/c23-17(21-8-2-1-3-9-21)13-25-14-18(24)22-10-7-20-12-16(22)15-5-4-6-19-11-15/h4-6,11,16,20H,1-3,7-10,12-14H2. The highest BCUT2D eigenvalue weighted by molar-refractivity contribution is 8.00. The summed E-state index contributed by atoms with van der Waals surface area (Å²) in [6.45, 7) is 3.98. The largest absolute Gasteiger partial charge is 0.342 e. The number of aromatic nitrogens is 1. The average molecular weight is 362 g/mol. The summed E-state index contributed by atoms with van der Waals surface area (Å²) < 4.78 is 0. The van der Waals surface area contributed by atoms with Crippen LogP contribution in [-0.4, -0.2) is 70.8 Å². The predicted octanol–water partition coefficient (Wildman–Crippen LogP) is 1.30. The molecule has 0 radical (unpaired) electrons. The van der Waals surface area contributed by atoms with Crippen molar-refractivity contribution in [3.8, 4) is 0 Å². The number of hydrogen-bond donors (Lipinski definition) is 1. The number of carbonyl (C=O) groups is 2. The van der Waals surface area contributed by atoms with Gasteiger partial charge in [0.2, 0.25) is 11.8 Å². The number of amides is 2. The van der Waals surface area contributed by atoms with Crippen molar-refractivity contribution in [3.63, 3.8) is 0 Å². The maximum atomic E-state index is 12.7. The van der Waals surface area contributed by atoms with Gasteiger partial charge in [-0.15, -0.1) is 11.8 Å². The van der Waals surface area contributed by atoms with Gasteiger partial charge in [-0.2, -0.15) is 0 Å². The lowest BCUT2D eigenvalue weighted by molar-refractivity contribution is -0.131. The third-order valence-electron chi connectivity index (χ3n) is 4.79. The lowest BCUT2D eigenvalue weighted by atomic mass is 10.1. The van der Waals surface area contributed by atoms with Gasteiger partial charge in [-0.3, -0.25) is 14.6 Å². The van der Waals surface area contributed by atoms with Crippen LogP contribution in [0.5, 0.6) is 0 Å². The summed E-state index contributed by atoms with van der Waals surface area (Å²) >= 11 is 1.44. The van der Waals surface area contributed by atoms with Gasteiger partial charge in [0.1, 0.15) is 0 Å². The van der Waals surface area contributed by atoms with E-state index in [-0.39, 0.29) is 17.9 Å². The highest BCUT2D eigenvalue weighted by Crippen LogP contribution is 2.22. The van der Waals surface area contributed by atoms with Crippen LogP contribution < -0.4 is 5.32 Å². The quantitative estimate of drug-likeness (QED) is 0.855. The SMILES string of the molecule is O=C(CSCC(=O)N1CCNCC1c1cccnc1)N1CCCCC1. The molecule has 0 bridgehead atoms. The predicted molar refractivity (Wildman–Crippen MR) is 99.3 cm³/mol. The number of piperidine rings is 1. The molecule has 1 aromatic rings. The highest BCUT2D eigenvalue weighted by Gasteiger charge is 2.28. The average Bonchev–Trinajstić information content (AvgIpc) is 2.69. The fourth-order valence-corrected chi connectivity index (χ4v) is 4.22. The zero-order chi connectivity index (χ0) is 17.5. The number of thioether (sulfide) groups is 1. The first-order valence-corrected chi connectivity index (χ1v) is 10.2. The van der Waals surface area contributed by atoms with Gasteiger partial charge in [0.15, 0.2) is 0 Å². The molecule has 25 heavy (non-hydrogen) atoms. The molecule has 1 N–H and O–H groups in total. The van der Waals surface area contributed by atoms with Crippen LogP contribution in [0.1, 0.15) is 30.9 Å². The van der Waals surface area contributed by atoms with E-state index in [1.165, 1.54) is 18.2 Å². The molecule has 1 atom stereocenters. The van der Waals surface area contributed by atoms with Crippen molar-refractivity contribution in [2.45, 2.75) is 25.3 Å². The van der Waals surface area contributed by atoms with E-state index in [1.807, 2.05) is 28.1 Å². The summed E-state index contributed by atoms with van der Waals surface area (Å²) in [6.07, 6.45) is 6.99. The molecule has 1 unspecified atom stereocenters. The van der Waals surface area contributed by atoms with Gasteiger partial charge in [-0.05, 0) is 30.9 Å². The van der Waals surface area contributed by atoms with Crippen LogP contribution in [0.3, 0.4) is 0 Å². The molecule has 6 nitrogen and oxygen atoms in total. The first kappa shape index (κ1) is 18.2. The van der Waals surface area contributed by atoms with Crippen molar-refractivity contribution >= 4 is 23.6 Å². The molecular formula is C18H26N4O2S. The number of hydrogen-bond acceptors (Lipinski definition) is 5. The van der Waals surface area contributed by atoms with Crippen molar-refractivity contribution < 1.29 is 9.59 Å². The zero-order valence-corrected chi connectivity index (χ0v) is 15.3. The van der Waals surface area contributed by atoms with Crippen molar-refractivity contribution in [2.75, 3.05) is 44.2 Å². The van der Waals surface area contributed by atoms with Gasteiger partial charge >= 0.3 is 0 Å². The monoisotopic (exact) mass is 362 g/mol. The molecule has 0 aromatic carbocycles. The van der Waals surface area contributed by atoms with E-state index in [0.717, 1.165) is 44.6 Å². The molecule has 7 heteroatoms. The van der Waals surface area contributed by atoms with Crippen LogP contribution >= 0.6 is 11.8 Å². The first-order valence-electron chi connectivity index (χ1n) is 9.01. The maximum Gasteiger partial charge on any atom is 0.233 e. The molecule has 0 spiro atoms. The van der Waals surface area contributed by atoms with E-state index in [2.05, 4.69) is 10.3 Å². The normalized spacial score (nSPS) is 21.2. The Bertz CT molecular complexity index is 578. The van der Waals surface area contributed by atoms with Gasteiger partial charge in [0, 0.05) is 45.1 Å². The summed E-state index contributed by atoms with van der Waals surface area (Å²) in [4.78, 5) is 32.9. The van der Waals surface area contributed by atoms with Crippen LogP contribution in [0.4, 0.5) is 0 Å². The second-order valence-corrected chi connectivity index (χ2v) is 7.51. The summed E-state index contributed by atoms with van der Waals surface area (Å²) in [6, 6.07) is 3.93. The van der Waals surface area contributed by atoms with E-state index >= 15 is 0 Å². The fraction of sp³-hybridized carbons (Fsp3) is 0.611. The van der Waals surface area contributed by atoms with Crippen LogP contribution in [0.2, 0.25) is 0 Å². The van der Waals surface area contributed by atoms with Crippen molar-refractivity contribution in [1.29, 1.82) is 0 Å². The number of likely N-dealkylation sites (tertiary alicyclic amines) is 1. The molecule has 136 valence electrons. The summed E-state index contributed by atoms with van der Waals surface area (Å²) in [5.74, 6) is 1.03. The second kappa shape index (κ2) is 9.20. The van der Waals surface area contributed by atoms with E-state index in [1.54, 1.807) is 6.20 Å². The van der Waals surface area contributed by atoms with E-state index < -0.39 is 0 Å². The van der Waals surface area contributed by atoms with Crippen LogP contribution in [0.15, 0.2) is 24.5 Å². The molecule has 2 saturated heterocycles. The highest BCUT2D eigenvalue weighted by atomic mass is 32.2. The Balaban J connectivity index is 1.50. The molecular weight excluding hydrogens is 336 g/mol. The maximum absolute atomic E-state index is 12.7. The summed E-state index contributed by atoms with van der Waals surface area (Å²) in [5, 5.41) is 3.35. The summed E-state index contributed by atoms with van der Waals surface area (Å²) in [5.41, 5.74) is 1.05. The Hall–Kier alpha value is -1.60. The third-order valence-corrected chi connectivity index (χ3v) is 5.69. The van der Waals surface area contributed by atoms with Crippen LogP contribution in [0.25, 0.3) is 0 Å². The minimum Gasteiger partial charge on any atom is -0.342 e. The smallest absolute Gasteiger partial charge is 0.233 e. The second-order valence-electron chi connectivity index (χ2n) is 6.53. The number of rotatable bonds is 5. The fourth-order valence-electron chi connectivity index (χ4n) is 3.42. The first-order chi connectivity index (χ1) is 12.3. The third kappa shape index (κ3) is 4.95. The summed E-state index contributed by atoms with van der Waals surface area (Å²) in [7, 11) is 0. The molecule has 0 saturated carbocycles. The molecule has 2 amide bonds. The molecule has 3 rings (SSSR count). The minimum atomic E-state index is 0.0216. The van der Waals surface area contributed by atoms with Crippen LogP contribution in [0, 0.1) is 0 Å². The van der Waals surface area contributed by atoms with Gasteiger partial charge in [0.25, 0.3) is 0 Å². The lowest BCUT2D eigenvalue weighted by Gasteiger charge is -2.36. The van der Waals surface area contributed by atoms with Gasteiger partial charge in [-0.1, -0.05) is 6.07 Å². The van der Waals surface area contributed by atoms with Gasteiger partial charge in [0.05, 0.1) is 17.5 Å². The molecule has 2 fully saturated rings. The Morgan fingerprint density at radius 1 is 1.16 bits per heavy atom. The van der Waals surface area contributed by atoms with Gasteiger partial charge < -0.3 is 15.1 Å². The Morgan fingerprint density at radius 3 is 2.72 bits per heavy atom. The van der Waals surface area contributed by atoms with Gasteiger partial charge in [-0.25, -0.2) is 0 Å².